The van der Waals surface area contributed by atoms with Gasteiger partial charge in [-0.3, -0.25) is 4.79 Å². The Morgan fingerprint density at radius 1 is 1.23 bits per heavy atom. The number of hydrogen-bond donors (Lipinski definition) is 1. The molecule has 11 heteroatoms. The maximum absolute atomic E-state index is 12.8. The topological polar surface area (TPSA) is 125 Å². The van der Waals surface area contributed by atoms with Crippen molar-refractivity contribution in [2.75, 3.05) is 30.3 Å². The molecule has 1 saturated heterocycles. The van der Waals surface area contributed by atoms with Crippen LogP contribution >= 0.6 is 0 Å². The molecule has 3 aromatic heterocycles. The van der Waals surface area contributed by atoms with E-state index in [0.717, 1.165) is 28.8 Å². The van der Waals surface area contributed by atoms with Gasteiger partial charge in [0.1, 0.15) is 23.6 Å². The molecule has 0 amide bonds. The Morgan fingerprint density at radius 2 is 2.10 bits per heavy atom. The monoisotopic (exact) mass is 430 g/mol. The molecule has 3 aromatic rings. The Morgan fingerprint density at radius 3 is 2.90 bits per heavy atom. The number of H-pyrrole nitrogens is 1. The zero-order chi connectivity index (χ0) is 20.7. The van der Waals surface area contributed by atoms with Crippen molar-refractivity contribution in [2.45, 2.75) is 32.2 Å². The number of carbonyl (C=O) groups excluding carboxylic acids is 1. The molecule has 2 aliphatic rings. The molecule has 0 saturated carbocycles. The minimum absolute atomic E-state index is 0.0166. The lowest BCUT2D eigenvalue weighted by atomic mass is 10.0. The normalized spacial score (nSPS) is 17.1. The van der Waals surface area contributed by atoms with Crippen molar-refractivity contribution < 1.29 is 17.7 Å². The third-order valence-corrected chi connectivity index (χ3v) is 7.69. The van der Waals surface area contributed by atoms with Crippen molar-refractivity contribution in [3.05, 3.63) is 35.6 Å². The van der Waals surface area contributed by atoms with Crippen molar-refractivity contribution in [1.29, 1.82) is 0 Å². The summed E-state index contributed by atoms with van der Waals surface area (Å²) in [6.07, 6.45) is 5.26. The van der Waals surface area contributed by atoms with Gasteiger partial charge in [0.2, 0.25) is 10.0 Å². The third kappa shape index (κ3) is 3.37. The number of aromatic nitrogens is 4. The van der Waals surface area contributed by atoms with Crippen LogP contribution in [-0.4, -0.2) is 64.0 Å². The van der Waals surface area contributed by atoms with Crippen LogP contribution in [0.5, 0.6) is 0 Å². The second-order valence-corrected chi connectivity index (χ2v) is 9.73. The van der Waals surface area contributed by atoms with Gasteiger partial charge in [-0.05, 0) is 18.9 Å². The summed E-state index contributed by atoms with van der Waals surface area (Å²) >= 11 is 0. The van der Waals surface area contributed by atoms with Crippen LogP contribution in [0, 0.1) is 0 Å². The van der Waals surface area contributed by atoms with Crippen LogP contribution < -0.4 is 4.90 Å². The first-order chi connectivity index (χ1) is 14.5. The maximum Gasteiger partial charge on any atom is 0.214 e. The van der Waals surface area contributed by atoms with E-state index in [1.54, 1.807) is 0 Å². The van der Waals surface area contributed by atoms with E-state index in [9.17, 15) is 13.2 Å². The number of rotatable bonds is 7. The Bertz CT molecular complexity index is 1200. The second kappa shape index (κ2) is 7.47. The van der Waals surface area contributed by atoms with Crippen molar-refractivity contribution in [3.63, 3.8) is 0 Å². The van der Waals surface area contributed by atoms with Gasteiger partial charge in [0.15, 0.2) is 11.5 Å². The summed E-state index contributed by atoms with van der Waals surface area (Å²) < 4.78 is 31.2. The molecule has 0 aromatic carbocycles. The van der Waals surface area contributed by atoms with Gasteiger partial charge >= 0.3 is 0 Å². The summed E-state index contributed by atoms with van der Waals surface area (Å²) in [7, 11) is -3.25. The standard InChI is InChI=1S/C19H22N6O4S/c26-15(3-1-10-30(27,28)25-7-2-8-25)17-14-11-24(9-5-16(14)29-23-17)19-13-4-6-20-18(13)21-12-22-19/h4,6,12H,1-3,5,7-11H2,(H,20,21,22). The molecule has 2 aliphatic heterocycles. The van der Waals surface area contributed by atoms with Gasteiger partial charge in [-0.1, -0.05) is 5.16 Å². The van der Waals surface area contributed by atoms with Crippen molar-refractivity contribution in [1.82, 2.24) is 24.4 Å². The molecular weight excluding hydrogens is 408 g/mol. The van der Waals surface area contributed by atoms with Crippen LogP contribution in [0.2, 0.25) is 0 Å². The number of hydrogen-bond acceptors (Lipinski definition) is 8. The van der Waals surface area contributed by atoms with Crippen LogP contribution in [0.4, 0.5) is 5.82 Å². The molecular formula is C19H22N6O4S. The van der Waals surface area contributed by atoms with Crippen molar-refractivity contribution in [3.8, 4) is 0 Å². The van der Waals surface area contributed by atoms with Gasteiger partial charge in [0.25, 0.3) is 0 Å². The fourth-order valence-electron chi connectivity index (χ4n) is 3.95. The van der Waals surface area contributed by atoms with Gasteiger partial charge < -0.3 is 14.4 Å². The zero-order valence-electron chi connectivity index (χ0n) is 16.4. The summed E-state index contributed by atoms with van der Waals surface area (Å²) in [5.41, 5.74) is 1.82. The number of aromatic amines is 1. The molecule has 30 heavy (non-hydrogen) atoms. The predicted molar refractivity (Wildman–Crippen MR) is 109 cm³/mol. The molecule has 0 atom stereocenters. The molecule has 0 bridgehead atoms. The lowest BCUT2D eigenvalue weighted by Gasteiger charge is -2.29. The first-order valence-electron chi connectivity index (χ1n) is 10.0. The fourth-order valence-corrected chi connectivity index (χ4v) is 5.53. The molecule has 1 N–H and O–H groups in total. The number of carbonyl (C=O) groups is 1. The first-order valence-corrected chi connectivity index (χ1v) is 11.7. The SMILES string of the molecule is O=C(CCCS(=O)(=O)N1CCC1)c1noc2c1CN(c1ncnc3[nH]ccc13)CC2. The Labute approximate surface area is 173 Å². The quantitative estimate of drug-likeness (QED) is 0.559. The minimum atomic E-state index is -3.25. The summed E-state index contributed by atoms with van der Waals surface area (Å²) in [5.74, 6) is 1.31. The second-order valence-electron chi connectivity index (χ2n) is 7.64. The van der Waals surface area contributed by atoms with E-state index >= 15 is 0 Å². The Kier molecular flexibility index (Phi) is 4.78. The molecule has 158 valence electrons. The van der Waals surface area contributed by atoms with Crippen LogP contribution in [0.15, 0.2) is 23.1 Å². The predicted octanol–water partition coefficient (Wildman–Crippen LogP) is 1.51. The molecule has 0 spiro atoms. The molecule has 1 fully saturated rings. The van der Waals surface area contributed by atoms with Crippen LogP contribution in [0.3, 0.4) is 0 Å². The number of anilines is 1. The van der Waals surface area contributed by atoms with E-state index in [-0.39, 0.29) is 24.4 Å². The summed E-state index contributed by atoms with van der Waals surface area (Å²) in [6, 6.07) is 1.93. The van der Waals surface area contributed by atoms with E-state index in [2.05, 4.69) is 25.0 Å². The zero-order valence-corrected chi connectivity index (χ0v) is 17.2. The minimum Gasteiger partial charge on any atom is -0.360 e. The highest BCUT2D eigenvalue weighted by molar-refractivity contribution is 7.89. The van der Waals surface area contributed by atoms with E-state index < -0.39 is 10.0 Å². The average Bonchev–Trinajstić information content (AvgIpc) is 3.32. The Hall–Kier alpha value is -2.79. The van der Waals surface area contributed by atoms with Crippen molar-refractivity contribution >= 4 is 32.7 Å². The summed E-state index contributed by atoms with van der Waals surface area (Å²) in [5, 5.41) is 4.92. The maximum atomic E-state index is 12.8. The highest BCUT2D eigenvalue weighted by atomic mass is 32.2. The van der Waals surface area contributed by atoms with Gasteiger partial charge in [0.05, 0.1) is 17.7 Å². The lowest BCUT2D eigenvalue weighted by Crippen LogP contribution is -2.43. The number of ketones is 1. The molecule has 5 heterocycles. The lowest BCUT2D eigenvalue weighted by molar-refractivity contribution is 0.0972. The van der Waals surface area contributed by atoms with Crippen molar-refractivity contribution in [2.24, 2.45) is 0 Å². The van der Waals surface area contributed by atoms with E-state index in [0.29, 0.717) is 44.1 Å². The van der Waals surface area contributed by atoms with Gasteiger partial charge in [0, 0.05) is 44.2 Å². The average molecular weight is 430 g/mol. The van der Waals surface area contributed by atoms with Gasteiger partial charge in [-0.15, -0.1) is 0 Å². The number of Topliss-reactive ketones (excluding diaryl/α,β-unsaturated/α-hetero) is 1. The highest BCUT2D eigenvalue weighted by Gasteiger charge is 2.30. The number of fused-ring (bicyclic) bond motifs is 2. The van der Waals surface area contributed by atoms with E-state index in [1.165, 1.54) is 10.6 Å². The Balaban J connectivity index is 1.29. The van der Waals surface area contributed by atoms with E-state index in [4.69, 9.17) is 4.52 Å². The number of sulfonamides is 1. The summed E-state index contributed by atoms with van der Waals surface area (Å²) in [6.45, 7) is 2.32. The van der Waals surface area contributed by atoms with Crippen LogP contribution in [-0.2, 0) is 23.0 Å². The molecule has 0 unspecified atom stereocenters. The molecule has 10 nitrogen and oxygen atoms in total. The molecule has 0 radical (unpaired) electrons. The molecule has 0 aliphatic carbocycles. The largest absolute Gasteiger partial charge is 0.360 e. The smallest absolute Gasteiger partial charge is 0.214 e. The van der Waals surface area contributed by atoms with E-state index in [1.807, 2.05) is 12.3 Å². The third-order valence-electron chi connectivity index (χ3n) is 5.74. The fraction of sp³-hybridized carbons (Fsp3) is 0.474. The van der Waals surface area contributed by atoms with Gasteiger partial charge in [-0.25, -0.2) is 22.7 Å². The van der Waals surface area contributed by atoms with Gasteiger partial charge in [-0.2, -0.15) is 0 Å². The molecule has 5 rings (SSSR count). The van der Waals surface area contributed by atoms with Crippen LogP contribution in [0.25, 0.3) is 11.0 Å². The first kappa shape index (κ1) is 19.2. The summed E-state index contributed by atoms with van der Waals surface area (Å²) in [4.78, 5) is 26.6. The highest BCUT2D eigenvalue weighted by Crippen LogP contribution is 2.30. The number of nitrogens with zero attached hydrogens (tertiary/aromatic N) is 5. The van der Waals surface area contributed by atoms with Crippen LogP contribution in [0.1, 0.15) is 41.1 Å². The number of nitrogens with one attached hydrogen (secondary N) is 1.